The van der Waals surface area contributed by atoms with Crippen LogP contribution in [-0.2, 0) is 9.53 Å². The summed E-state index contributed by atoms with van der Waals surface area (Å²) in [6.45, 7) is 7.09. The number of hydrogen-bond donors (Lipinski definition) is 3. The molecule has 6 nitrogen and oxygen atoms in total. The lowest BCUT2D eigenvalue weighted by Gasteiger charge is -2.31. The van der Waals surface area contributed by atoms with Crippen LogP contribution in [0.4, 0.5) is 16.2 Å². The van der Waals surface area contributed by atoms with Gasteiger partial charge in [0.1, 0.15) is 5.60 Å². The van der Waals surface area contributed by atoms with Crippen molar-refractivity contribution in [2.24, 2.45) is 0 Å². The van der Waals surface area contributed by atoms with E-state index >= 15 is 0 Å². The lowest BCUT2D eigenvalue weighted by Crippen LogP contribution is -2.42. The Balaban J connectivity index is 1.75. The quantitative estimate of drug-likeness (QED) is 0.772. The predicted molar refractivity (Wildman–Crippen MR) is 99.8 cm³/mol. The molecule has 1 aromatic carbocycles. The molecule has 1 saturated carbocycles. The maximum absolute atomic E-state index is 11.8. The van der Waals surface area contributed by atoms with Crippen LogP contribution in [0, 0.1) is 0 Å². The molecule has 0 bridgehead atoms. The first-order valence-electron chi connectivity index (χ1n) is 8.85. The molecule has 0 aliphatic heterocycles. The Morgan fingerprint density at radius 1 is 0.960 bits per heavy atom. The maximum atomic E-state index is 11.8. The van der Waals surface area contributed by atoms with Crippen LogP contribution in [0.2, 0.25) is 0 Å². The van der Waals surface area contributed by atoms with Crippen LogP contribution in [0.15, 0.2) is 24.3 Å². The topological polar surface area (TPSA) is 79.5 Å². The molecule has 0 spiro atoms. The van der Waals surface area contributed by atoms with E-state index < -0.39 is 5.60 Å². The Morgan fingerprint density at radius 2 is 1.48 bits per heavy atom. The van der Waals surface area contributed by atoms with E-state index in [0.717, 1.165) is 37.1 Å². The third-order valence-corrected chi connectivity index (χ3v) is 4.02. The molecule has 25 heavy (non-hydrogen) atoms. The second-order valence-corrected chi connectivity index (χ2v) is 7.60. The third kappa shape index (κ3) is 7.03. The van der Waals surface area contributed by atoms with Crippen molar-refractivity contribution in [3.05, 3.63) is 24.3 Å². The molecule has 2 rings (SSSR count). The minimum atomic E-state index is -0.466. The van der Waals surface area contributed by atoms with Crippen molar-refractivity contribution in [2.45, 2.75) is 71.1 Å². The van der Waals surface area contributed by atoms with Crippen molar-refractivity contribution in [1.82, 2.24) is 5.32 Å². The summed E-state index contributed by atoms with van der Waals surface area (Å²) in [5.41, 5.74) is 1.37. The van der Waals surface area contributed by atoms with Crippen LogP contribution in [-0.4, -0.2) is 29.7 Å². The Bertz CT molecular complexity index is 585. The molecule has 0 heterocycles. The van der Waals surface area contributed by atoms with E-state index in [9.17, 15) is 9.59 Å². The summed E-state index contributed by atoms with van der Waals surface area (Å²) >= 11 is 0. The summed E-state index contributed by atoms with van der Waals surface area (Å²) < 4.78 is 5.31. The molecule has 1 aliphatic carbocycles. The highest BCUT2D eigenvalue weighted by Gasteiger charge is 2.24. The van der Waals surface area contributed by atoms with Crippen molar-refractivity contribution in [3.63, 3.8) is 0 Å². The standard InChI is InChI=1S/C19H29N3O3/c1-13(23)20-14-5-7-15(8-6-14)21-16-9-11-17(12-10-16)22-18(24)25-19(2,3)4/h5-8,16-17,21H,9-12H2,1-4H3,(H,20,23)(H,22,24). The molecule has 3 N–H and O–H groups in total. The Hall–Kier alpha value is -2.24. The largest absolute Gasteiger partial charge is 0.444 e. The highest BCUT2D eigenvalue weighted by molar-refractivity contribution is 5.88. The van der Waals surface area contributed by atoms with Gasteiger partial charge in [0.15, 0.2) is 0 Å². The highest BCUT2D eigenvalue weighted by Crippen LogP contribution is 2.23. The number of benzene rings is 1. The molecule has 1 aliphatic rings. The molecular formula is C19H29N3O3. The fourth-order valence-electron chi connectivity index (χ4n) is 2.95. The molecule has 1 fully saturated rings. The summed E-state index contributed by atoms with van der Waals surface area (Å²) in [6, 6.07) is 8.28. The zero-order chi connectivity index (χ0) is 18.4. The fourth-order valence-corrected chi connectivity index (χ4v) is 2.95. The average Bonchev–Trinajstić information content (AvgIpc) is 2.49. The molecule has 0 saturated heterocycles. The molecule has 0 unspecified atom stereocenters. The van der Waals surface area contributed by atoms with Crippen molar-refractivity contribution < 1.29 is 14.3 Å². The van der Waals surface area contributed by atoms with Gasteiger partial charge < -0.3 is 20.7 Å². The number of carbonyl (C=O) groups is 2. The molecule has 2 amide bonds. The van der Waals surface area contributed by atoms with Crippen LogP contribution in [0.25, 0.3) is 0 Å². The number of anilines is 2. The predicted octanol–water partition coefficient (Wildman–Crippen LogP) is 3.89. The lowest BCUT2D eigenvalue weighted by atomic mass is 9.91. The summed E-state index contributed by atoms with van der Waals surface area (Å²) in [7, 11) is 0. The van der Waals surface area contributed by atoms with Gasteiger partial charge in [-0.25, -0.2) is 4.79 Å². The van der Waals surface area contributed by atoms with Gasteiger partial charge in [-0.05, 0) is 70.7 Å². The first-order valence-corrected chi connectivity index (χ1v) is 8.85. The summed E-state index contributed by atoms with van der Waals surface area (Å²) in [6.07, 6.45) is 3.52. The van der Waals surface area contributed by atoms with Gasteiger partial charge in [0.2, 0.25) is 5.91 Å². The Kier molecular flexibility index (Phi) is 6.28. The van der Waals surface area contributed by atoms with Crippen LogP contribution in [0.1, 0.15) is 53.4 Å². The van der Waals surface area contributed by atoms with Crippen molar-refractivity contribution in [2.75, 3.05) is 10.6 Å². The molecular weight excluding hydrogens is 318 g/mol. The Labute approximate surface area is 149 Å². The molecule has 138 valence electrons. The monoisotopic (exact) mass is 347 g/mol. The van der Waals surface area contributed by atoms with Gasteiger partial charge in [-0.3, -0.25) is 4.79 Å². The van der Waals surface area contributed by atoms with Crippen LogP contribution in [0.3, 0.4) is 0 Å². The fraction of sp³-hybridized carbons (Fsp3) is 0.579. The molecule has 0 atom stereocenters. The highest BCUT2D eigenvalue weighted by atomic mass is 16.6. The van der Waals surface area contributed by atoms with Gasteiger partial charge in [0.05, 0.1) is 0 Å². The van der Waals surface area contributed by atoms with E-state index in [0.29, 0.717) is 6.04 Å². The van der Waals surface area contributed by atoms with E-state index in [1.165, 1.54) is 6.92 Å². The average molecular weight is 347 g/mol. The number of alkyl carbamates (subject to hydrolysis) is 1. The van der Waals surface area contributed by atoms with Crippen LogP contribution in [0.5, 0.6) is 0 Å². The minimum absolute atomic E-state index is 0.0727. The zero-order valence-corrected chi connectivity index (χ0v) is 15.5. The first kappa shape index (κ1) is 19.1. The SMILES string of the molecule is CC(=O)Nc1ccc(NC2CCC(NC(=O)OC(C)(C)C)CC2)cc1. The summed E-state index contributed by atoms with van der Waals surface area (Å²) in [5, 5.41) is 9.23. The number of amides is 2. The number of ether oxygens (including phenoxy) is 1. The van der Waals surface area contributed by atoms with Crippen molar-refractivity contribution in [1.29, 1.82) is 0 Å². The van der Waals surface area contributed by atoms with Gasteiger partial charge >= 0.3 is 6.09 Å². The van der Waals surface area contributed by atoms with Crippen molar-refractivity contribution in [3.8, 4) is 0 Å². The smallest absolute Gasteiger partial charge is 0.407 e. The van der Waals surface area contributed by atoms with E-state index in [2.05, 4.69) is 16.0 Å². The zero-order valence-electron chi connectivity index (χ0n) is 15.5. The summed E-state index contributed by atoms with van der Waals surface area (Å²) in [4.78, 5) is 22.9. The summed E-state index contributed by atoms with van der Waals surface area (Å²) in [5.74, 6) is -0.0727. The minimum Gasteiger partial charge on any atom is -0.444 e. The van der Waals surface area contributed by atoms with E-state index in [4.69, 9.17) is 4.74 Å². The number of hydrogen-bond acceptors (Lipinski definition) is 4. The maximum Gasteiger partial charge on any atom is 0.407 e. The number of carbonyl (C=O) groups excluding carboxylic acids is 2. The van der Waals surface area contributed by atoms with E-state index in [1.54, 1.807) is 0 Å². The third-order valence-electron chi connectivity index (χ3n) is 4.02. The van der Waals surface area contributed by atoms with Crippen LogP contribution < -0.4 is 16.0 Å². The van der Waals surface area contributed by atoms with Gasteiger partial charge in [-0.1, -0.05) is 0 Å². The first-order chi connectivity index (χ1) is 11.7. The lowest BCUT2D eigenvalue weighted by molar-refractivity contribution is -0.114. The van der Waals surface area contributed by atoms with Crippen molar-refractivity contribution >= 4 is 23.4 Å². The van der Waals surface area contributed by atoms with Gasteiger partial charge in [-0.2, -0.15) is 0 Å². The molecule has 1 aromatic rings. The molecule has 0 aromatic heterocycles. The van der Waals surface area contributed by atoms with E-state index in [-0.39, 0.29) is 18.0 Å². The van der Waals surface area contributed by atoms with Crippen LogP contribution >= 0.6 is 0 Å². The van der Waals surface area contributed by atoms with Gasteiger partial charge in [-0.15, -0.1) is 0 Å². The second-order valence-electron chi connectivity index (χ2n) is 7.60. The second kappa shape index (κ2) is 8.23. The van der Waals surface area contributed by atoms with Gasteiger partial charge in [0, 0.05) is 30.4 Å². The molecule has 6 heteroatoms. The number of rotatable bonds is 4. The molecule has 0 radical (unpaired) electrons. The number of nitrogens with one attached hydrogen (secondary N) is 3. The Morgan fingerprint density at radius 3 is 2.00 bits per heavy atom. The normalized spacial score (nSPS) is 20.5. The van der Waals surface area contributed by atoms with Gasteiger partial charge in [0.25, 0.3) is 0 Å². The van der Waals surface area contributed by atoms with E-state index in [1.807, 2.05) is 45.0 Å².